The minimum atomic E-state index is -4.56. The van der Waals surface area contributed by atoms with Gasteiger partial charge in [0.25, 0.3) is 0 Å². The van der Waals surface area contributed by atoms with E-state index in [9.17, 15) is 13.2 Å². The Morgan fingerprint density at radius 1 is 0.429 bits per heavy atom. The highest BCUT2D eigenvalue weighted by Gasteiger charge is 2.32. The van der Waals surface area contributed by atoms with Gasteiger partial charge in [-0.25, -0.2) is 0 Å². The normalized spacial score (nSPS) is 12.0. The summed E-state index contributed by atoms with van der Waals surface area (Å²) in [5.74, 6) is 0. The lowest BCUT2D eigenvalue weighted by Crippen LogP contribution is -2.08. The summed E-state index contributed by atoms with van der Waals surface area (Å²) in [6, 6.07) is 51.9. The molecule has 0 unspecified atom stereocenters. The fourth-order valence-corrected chi connectivity index (χ4v) is 8.23. The molecule has 56 heavy (non-hydrogen) atoms. The van der Waals surface area contributed by atoms with E-state index in [2.05, 4.69) is 131 Å². The Hall–Kier alpha value is -6.92. The topological polar surface area (TPSA) is 22.8 Å². The number of alkyl halides is 3. The molecule has 6 heteroatoms. The average Bonchev–Trinajstić information content (AvgIpc) is 3.73. The van der Waals surface area contributed by atoms with Crippen LogP contribution in [0.3, 0.4) is 0 Å². The fourth-order valence-electron chi connectivity index (χ4n) is 8.23. The highest BCUT2D eigenvalue weighted by atomic mass is 19.4. The first-order valence-electron chi connectivity index (χ1n) is 18.6. The van der Waals surface area contributed by atoms with Gasteiger partial charge in [0.1, 0.15) is 0 Å². The van der Waals surface area contributed by atoms with Crippen LogP contribution >= 0.6 is 0 Å². The number of halogens is 3. The van der Waals surface area contributed by atoms with Crippen molar-refractivity contribution in [1.82, 2.24) is 14.1 Å². The largest absolute Gasteiger partial charge is 0.416 e. The molecule has 0 radical (unpaired) electrons. The van der Waals surface area contributed by atoms with Crippen molar-refractivity contribution in [3.8, 4) is 44.8 Å². The number of hydrogen-bond acceptors (Lipinski definition) is 1. The molecule has 0 fully saturated rings. The maximum Gasteiger partial charge on any atom is 0.416 e. The van der Waals surface area contributed by atoms with Crippen molar-refractivity contribution >= 4 is 43.6 Å². The molecular formula is C50H34F3N3. The van der Waals surface area contributed by atoms with E-state index in [1.165, 1.54) is 23.3 Å². The summed E-state index contributed by atoms with van der Waals surface area (Å²) >= 11 is 0. The second-order valence-corrected chi connectivity index (χ2v) is 14.5. The van der Waals surface area contributed by atoms with Crippen LogP contribution in [0.5, 0.6) is 0 Å². The number of aromatic nitrogens is 3. The number of para-hydroxylation sites is 2. The van der Waals surface area contributed by atoms with E-state index in [0.717, 1.165) is 71.6 Å². The van der Waals surface area contributed by atoms with Gasteiger partial charge in [0.2, 0.25) is 0 Å². The Morgan fingerprint density at radius 2 is 0.893 bits per heavy atom. The smallest absolute Gasteiger partial charge is 0.309 e. The van der Waals surface area contributed by atoms with Gasteiger partial charge in [-0.3, -0.25) is 4.98 Å². The monoisotopic (exact) mass is 733 g/mol. The molecule has 10 aromatic rings. The summed E-state index contributed by atoms with van der Waals surface area (Å²) in [7, 11) is 0. The lowest BCUT2D eigenvalue weighted by molar-refractivity contribution is -0.137. The first kappa shape index (κ1) is 33.6. The zero-order valence-corrected chi connectivity index (χ0v) is 30.6. The van der Waals surface area contributed by atoms with E-state index in [0.29, 0.717) is 16.8 Å². The van der Waals surface area contributed by atoms with E-state index in [1.807, 2.05) is 36.4 Å². The lowest BCUT2D eigenvalue weighted by Gasteiger charge is -2.20. The van der Waals surface area contributed by atoms with Crippen molar-refractivity contribution in [2.45, 2.75) is 20.0 Å². The summed E-state index contributed by atoms with van der Waals surface area (Å²) in [6.07, 6.45) is -1.15. The summed E-state index contributed by atoms with van der Waals surface area (Å²) in [6.45, 7) is 4.14. The number of benzene rings is 7. The van der Waals surface area contributed by atoms with Gasteiger partial charge in [-0.2, -0.15) is 13.2 Å². The molecule has 3 aromatic heterocycles. The van der Waals surface area contributed by atoms with Gasteiger partial charge in [-0.05, 0) is 96.8 Å². The molecule has 0 bridgehead atoms. The molecule has 10 rings (SSSR count). The second kappa shape index (κ2) is 12.8. The number of fused-ring (bicyclic) bond motifs is 6. The van der Waals surface area contributed by atoms with Crippen molar-refractivity contribution in [2.75, 3.05) is 0 Å². The van der Waals surface area contributed by atoms with Crippen LogP contribution in [0.25, 0.3) is 88.4 Å². The minimum absolute atomic E-state index is 0.426. The van der Waals surface area contributed by atoms with Gasteiger partial charge in [-0.15, -0.1) is 0 Å². The molecule has 3 heterocycles. The van der Waals surface area contributed by atoms with Crippen molar-refractivity contribution in [3.63, 3.8) is 0 Å². The first-order chi connectivity index (χ1) is 27.2. The highest BCUT2D eigenvalue weighted by Crippen LogP contribution is 2.43. The maximum absolute atomic E-state index is 14.7. The van der Waals surface area contributed by atoms with E-state index in [-0.39, 0.29) is 0 Å². The van der Waals surface area contributed by atoms with Gasteiger partial charge in [0, 0.05) is 45.1 Å². The van der Waals surface area contributed by atoms with E-state index >= 15 is 0 Å². The number of hydrogen-bond donors (Lipinski definition) is 0. The Labute approximate surface area is 321 Å². The zero-order valence-electron chi connectivity index (χ0n) is 30.6. The SMILES string of the molecule is Cc1ccc(-c2ccc3c(c2)c2ccccc2n3-c2ccncc2-c2cc(C(F)(F)F)ccc2-n2c3ccccc3c3cc(-c4ccc(C)cc4)ccc32)cc1. The number of rotatable bonds is 5. The number of aryl methyl sites for hydroxylation is 2. The number of nitrogens with zero attached hydrogens (tertiary/aromatic N) is 3. The molecule has 0 N–H and O–H groups in total. The van der Waals surface area contributed by atoms with Crippen LogP contribution < -0.4 is 0 Å². The molecule has 3 nitrogen and oxygen atoms in total. The van der Waals surface area contributed by atoms with Crippen molar-refractivity contribution < 1.29 is 13.2 Å². The molecule has 0 saturated carbocycles. The molecule has 0 aliphatic rings. The van der Waals surface area contributed by atoms with E-state index in [1.54, 1.807) is 18.5 Å². The van der Waals surface area contributed by atoms with Gasteiger partial charge in [-0.1, -0.05) is 108 Å². The zero-order chi connectivity index (χ0) is 38.1. The average molecular weight is 734 g/mol. The molecule has 0 aliphatic carbocycles. The molecule has 7 aromatic carbocycles. The first-order valence-corrected chi connectivity index (χ1v) is 18.6. The van der Waals surface area contributed by atoms with Gasteiger partial charge in [0.05, 0.1) is 39.0 Å². The van der Waals surface area contributed by atoms with Crippen molar-refractivity contribution in [2.24, 2.45) is 0 Å². The van der Waals surface area contributed by atoms with Gasteiger partial charge in [0.15, 0.2) is 0 Å². The summed E-state index contributed by atoms with van der Waals surface area (Å²) in [5.41, 5.74) is 12.1. The van der Waals surface area contributed by atoms with Crippen molar-refractivity contribution in [3.05, 3.63) is 187 Å². The molecule has 270 valence electrons. The molecule has 0 aliphatic heterocycles. The molecule has 0 amide bonds. The lowest BCUT2D eigenvalue weighted by atomic mass is 9.99. The Kier molecular flexibility index (Phi) is 7.72. The number of pyridine rings is 1. The van der Waals surface area contributed by atoms with E-state index < -0.39 is 11.7 Å². The third-order valence-electron chi connectivity index (χ3n) is 11.0. The quantitative estimate of drug-likeness (QED) is 0.173. The summed E-state index contributed by atoms with van der Waals surface area (Å²) in [5, 5.41) is 4.14. The Bertz CT molecular complexity index is 3130. The van der Waals surface area contributed by atoms with Crippen LogP contribution in [-0.2, 0) is 6.18 Å². The molecule has 0 atom stereocenters. The van der Waals surface area contributed by atoms with Gasteiger partial charge < -0.3 is 9.13 Å². The molecular weight excluding hydrogens is 700 g/mol. The van der Waals surface area contributed by atoms with Crippen LogP contribution in [0, 0.1) is 13.8 Å². The van der Waals surface area contributed by atoms with Crippen LogP contribution in [-0.4, -0.2) is 14.1 Å². The third-order valence-corrected chi connectivity index (χ3v) is 11.0. The maximum atomic E-state index is 14.7. The third kappa shape index (κ3) is 5.48. The summed E-state index contributed by atoms with van der Waals surface area (Å²) < 4.78 is 48.2. The minimum Gasteiger partial charge on any atom is -0.309 e. The Balaban J connectivity index is 1.23. The van der Waals surface area contributed by atoms with Gasteiger partial charge >= 0.3 is 6.18 Å². The molecule has 0 saturated heterocycles. The summed E-state index contributed by atoms with van der Waals surface area (Å²) in [4.78, 5) is 4.54. The fraction of sp³-hybridized carbons (Fsp3) is 0.0600. The second-order valence-electron chi connectivity index (χ2n) is 14.5. The highest BCUT2D eigenvalue weighted by molar-refractivity contribution is 6.12. The predicted molar refractivity (Wildman–Crippen MR) is 224 cm³/mol. The Morgan fingerprint density at radius 3 is 1.41 bits per heavy atom. The molecule has 0 spiro atoms. The van der Waals surface area contributed by atoms with Crippen LogP contribution in [0.4, 0.5) is 13.2 Å². The van der Waals surface area contributed by atoms with E-state index in [4.69, 9.17) is 0 Å². The van der Waals surface area contributed by atoms with Crippen LogP contribution in [0.2, 0.25) is 0 Å². The predicted octanol–water partition coefficient (Wildman–Crippen LogP) is 13.9. The van der Waals surface area contributed by atoms with Crippen LogP contribution in [0.1, 0.15) is 16.7 Å². The standard InChI is InChI=1S/C50H34F3N3/c1-31-11-15-33(16-12-31)35-19-22-46-40(27-35)38-7-3-5-9-44(38)55(46)48-24-21-37(50(51,52)53)29-42(48)43-30-54-26-25-49(43)56-45-10-6-4-8-39(45)41-28-36(20-23-47(41)56)34-17-13-32(2)14-18-34/h3-30H,1-2H3. The van der Waals surface area contributed by atoms with Crippen molar-refractivity contribution in [1.29, 1.82) is 0 Å². The van der Waals surface area contributed by atoms with Crippen LogP contribution in [0.15, 0.2) is 170 Å².